The van der Waals surface area contributed by atoms with Crippen LogP contribution in [0.2, 0.25) is 0 Å². The molecule has 0 bridgehead atoms. The van der Waals surface area contributed by atoms with E-state index in [1.165, 1.54) is 16.6 Å². The number of sulfone groups is 1. The van der Waals surface area contributed by atoms with Crippen LogP contribution in [-0.4, -0.2) is 63.3 Å². The van der Waals surface area contributed by atoms with Crippen LogP contribution in [0.4, 0.5) is 0 Å². The van der Waals surface area contributed by atoms with Gasteiger partial charge in [-0.2, -0.15) is 0 Å². The summed E-state index contributed by atoms with van der Waals surface area (Å²) in [6.45, 7) is 4.30. The molecule has 158 valence electrons. The SMILES string of the molecule is CCN(C(=O)C(C)Sc1nnc(Cc2cccs2)n1C1CC1)C1CCS(=O)(=O)C1. The van der Waals surface area contributed by atoms with Crippen molar-refractivity contribution in [1.82, 2.24) is 19.7 Å². The minimum Gasteiger partial charge on any atom is -0.338 e. The molecule has 1 saturated heterocycles. The van der Waals surface area contributed by atoms with E-state index in [2.05, 4.69) is 26.2 Å². The predicted molar refractivity (Wildman–Crippen MR) is 115 cm³/mol. The topological polar surface area (TPSA) is 85.2 Å². The number of thiophene rings is 1. The molecule has 0 radical (unpaired) electrons. The number of hydrogen-bond donors (Lipinski definition) is 0. The Morgan fingerprint density at radius 3 is 2.76 bits per heavy atom. The molecule has 2 aromatic rings. The Balaban J connectivity index is 1.48. The minimum atomic E-state index is -3.03. The van der Waals surface area contributed by atoms with Gasteiger partial charge in [-0.1, -0.05) is 17.8 Å². The molecule has 2 unspecified atom stereocenters. The van der Waals surface area contributed by atoms with Crippen LogP contribution in [0.5, 0.6) is 0 Å². The molecule has 0 N–H and O–H groups in total. The zero-order valence-electron chi connectivity index (χ0n) is 16.7. The number of carbonyl (C=O) groups excluding carboxylic acids is 1. The lowest BCUT2D eigenvalue weighted by Crippen LogP contribution is -2.44. The largest absolute Gasteiger partial charge is 0.338 e. The summed E-state index contributed by atoms with van der Waals surface area (Å²) < 4.78 is 25.9. The monoisotopic (exact) mass is 454 g/mol. The standard InChI is InChI=1S/C19H26N4O3S3/c1-3-22(15-8-10-29(25,26)12-15)18(24)13(2)28-19-21-20-17(23(19)14-6-7-14)11-16-5-4-9-27-16/h4-5,9,13-15H,3,6-8,10-12H2,1-2H3. The molecule has 2 fully saturated rings. The van der Waals surface area contributed by atoms with Crippen LogP contribution >= 0.6 is 23.1 Å². The Bertz CT molecular complexity index is 967. The normalized spacial score (nSPS) is 21.9. The van der Waals surface area contributed by atoms with Crippen molar-refractivity contribution >= 4 is 38.8 Å². The first-order chi connectivity index (χ1) is 13.9. The Labute approximate surface area is 179 Å². The van der Waals surface area contributed by atoms with E-state index in [1.807, 2.05) is 19.9 Å². The minimum absolute atomic E-state index is 0.0234. The summed E-state index contributed by atoms with van der Waals surface area (Å²) in [6.07, 6.45) is 3.52. The highest BCUT2D eigenvalue weighted by Crippen LogP contribution is 2.40. The van der Waals surface area contributed by atoms with Gasteiger partial charge in [0.1, 0.15) is 5.82 Å². The second-order valence-electron chi connectivity index (χ2n) is 7.70. The fourth-order valence-electron chi connectivity index (χ4n) is 3.83. The molecule has 3 heterocycles. The third kappa shape index (κ3) is 4.69. The van der Waals surface area contributed by atoms with E-state index in [4.69, 9.17) is 0 Å². The average Bonchev–Trinajstić information content (AvgIpc) is 3.06. The maximum atomic E-state index is 13.1. The average molecular weight is 455 g/mol. The van der Waals surface area contributed by atoms with Gasteiger partial charge in [-0.05, 0) is 44.6 Å². The number of carbonyl (C=O) groups is 1. The van der Waals surface area contributed by atoms with Crippen LogP contribution < -0.4 is 0 Å². The summed E-state index contributed by atoms with van der Waals surface area (Å²) >= 11 is 3.14. The van der Waals surface area contributed by atoms with Crippen molar-refractivity contribution in [2.75, 3.05) is 18.1 Å². The molecule has 1 aliphatic carbocycles. The second kappa shape index (κ2) is 8.39. The fraction of sp³-hybridized carbons (Fsp3) is 0.632. The number of hydrogen-bond acceptors (Lipinski definition) is 7. The van der Waals surface area contributed by atoms with Crippen LogP contribution in [0, 0.1) is 0 Å². The van der Waals surface area contributed by atoms with Crippen molar-refractivity contribution in [2.45, 2.75) is 62.0 Å². The molecule has 0 spiro atoms. The Hall–Kier alpha value is -1.39. The van der Waals surface area contributed by atoms with E-state index in [9.17, 15) is 13.2 Å². The number of rotatable bonds is 8. The molecule has 7 nitrogen and oxygen atoms in total. The van der Waals surface area contributed by atoms with Crippen molar-refractivity contribution in [1.29, 1.82) is 0 Å². The van der Waals surface area contributed by atoms with Crippen LogP contribution in [0.3, 0.4) is 0 Å². The van der Waals surface area contributed by atoms with Gasteiger partial charge in [-0.3, -0.25) is 4.79 Å². The quantitative estimate of drug-likeness (QED) is 0.570. The second-order valence-corrected chi connectivity index (χ2v) is 12.3. The van der Waals surface area contributed by atoms with Gasteiger partial charge in [-0.25, -0.2) is 8.42 Å². The van der Waals surface area contributed by atoms with Crippen molar-refractivity contribution in [2.24, 2.45) is 0 Å². The first kappa shape index (κ1) is 20.9. The molecule has 10 heteroatoms. The van der Waals surface area contributed by atoms with Gasteiger partial charge in [0.25, 0.3) is 0 Å². The summed E-state index contributed by atoms with van der Waals surface area (Å²) in [5.41, 5.74) is 0. The van der Waals surface area contributed by atoms with E-state index in [1.54, 1.807) is 16.2 Å². The van der Waals surface area contributed by atoms with E-state index < -0.39 is 9.84 Å². The molecule has 2 atom stereocenters. The third-order valence-electron chi connectivity index (χ3n) is 5.46. The maximum absolute atomic E-state index is 13.1. The van der Waals surface area contributed by atoms with Crippen molar-refractivity contribution in [3.63, 3.8) is 0 Å². The van der Waals surface area contributed by atoms with Crippen LogP contribution in [0.15, 0.2) is 22.7 Å². The maximum Gasteiger partial charge on any atom is 0.236 e. The lowest BCUT2D eigenvalue weighted by atomic mass is 10.2. The van der Waals surface area contributed by atoms with Gasteiger partial charge in [0, 0.05) is 29.9 Å². The summed E-state index contributed by atoms with van der Waals surface area (Å²) in [5.74, 6) is 1.18. The van der Waals surface area contributed by atoms with E-state index in [0.717, 1.165) is 30.2 Å². The molecular formula is C19H26N4O3S3. The summed E-state index contributed by atoms with van der Waals surface area (Å²) in [7, 11) is -3.03. The number of nitrogens with zero attached hydrogens (tertiary/aromatic N) is 4. The lowest BCUT2D eigenvalue weighted by Gasteiger charge is -2.29. The molecule has 2 aliphatic rings. The lowest BCUT2D eigenvalue weighted by molar-refractivity contribution is -0.131. The van der Waals surface area contributed by atoms with Crippen LogP contribution in [0.1, 0.15) is 49.9 Å². The summed E-state index contributed by atoms with van der Waals surface area (Å²) in [4.78, 5) is 16.1. The van der Waals surface area contributed by atoms with Crippen LogP contribution in [-0.2, 0) is 21.1 Å². The molecule has 2 aromatic heterocycles. The molecule has 1 saturated carbocycles. The summed E-state index contributed by atoms with van der Waals surface area (Å²) in [5, 5.41) is 11.3. The van der Waals surface area contributed by atoms with Gasteiger partial charge >= 0.3 is 0 Å². The van der Waals surface area contributed by atoms with E-state index in [-0.39, 0.29) is 28.7 Å². The Morgan fingerprint density at radius 2 is 2.17 bits per heavy atom. The highest BCUT2D eigenvalue weighted by Gasteiger charge is 2.36. The van der Waals surface area contributed by atoms with Gasteiger partial charge in [0.2, 0.25) is 5.91 Å². The zero-order valence-corrected chi connectivity index (χ0v) is 19.1. The first-order valence-electron chi connectivity index (χ1n) is 10.0. The van der Waals surface area contributed by atoms with Gasteiger partial charge in [0.15, 0.2) is 15.0 Å². The van der Waals surface area contributed by atoms with E-state index in [0.29, 0.717) is 19.0 Å². The molecule has 29 heavy (non-hydrogen) atoms. The summed E-state index contributed by atoms with van der Waals surface area (Å²) in [6, 6.07) is 4.35. The number of aromatic nitrogens is 3. The highest BCUT2D eigenvalue weighted by atomic mass is 32.2. The fourth-order valence-corrected chi connectivity index (χ4v) is 7.27. The Morgan fingerprint density at radius 1 is 1.38 bits per heavy atom. The Kier molecular flexibility index (Phi) is 6.04. The molecule has 4 rings (SSSR count). The zero-order chi connectivity index (χ0) is 20.6. The van der Waals surface area contributed by atoms with Crippen molar-refractivity contribution < 1.29 is 13.2 Å². The predicted octanol–water partition coefficient (Wildman–Crippen LogP) is 2.78. The molecular weight excluding hydrogens is 428 g/mol. The number of amides is 1. The highest BCUT2D eigenvalue weighted by molar-refractivity contribution is 8.00. The van der Waals surface area contributed by atoms with Gasteiger partial charge in [0.05, 0.1) is 16.8 Å². The molecule has 1 aliphatic heterocycles. The smallest absolute Gasteiger partial charge is 0.236 e. The van der Waals surface area contributed by atoms with Crippen molar-refractivity contribution in [3.05, 3.63) is 28.2 Å². The third-order valence-corrected chi connectivity index (χ3v) is 9.13. The van der Waals surface area contributed by atoms with E-state index >= 15 is 0 Å². The van der Waals surface area contributed by atoms with Crippen molar-refractivity contribution in [3.8, 4) is 0 Å². The first-order valence-corrected chi connectivity index (χ1v) is 13.6. The van der Waals surface area contributed by atoms with Gasteiger partial charge in [-0.15, -0.1) is 21.5 Å². The molecule has 0 aromatic carbocycles. The van der Waals surface area contributed by atoms with Crippen LogP contribution in [0.25, 0.3) is 0 Å². The van der Waals surface area contributed by atoms with Gasteiger partial charge < -0.3 is 9.47 Å². The molecule has 1 amide bonds. The number of thioether (sulfide) groups is 1.